The molecule has 116 valence electrons. The summed E-state index contributed by atoms with van der Waals surface area (Å²) in [6.45, 7) is 4.70. The van der Waals surface area contributed by atoms with Crippen LogP contribution < -0.4 is 5.32 Å². The lowest BCUT2D eigenvalue weighted by Crippen LogP contribution is -2.38. The van der Waals surface area contributed by atoms with Gasteiger partial charge in [-0.15, -0.1) is 11.8 Å². The van der Waals surface area contributed by atoms with Gasteiger partial charge in [0.05, 0.1) is 16.4 Å². The number of thioether (sulfide) groups is 1. The summed E-state index contributed by atoms with van der Waals surface area (Å²) in [4.78, 5) is 22.9. The Hall–Kier alpha value is -1.60. The number of nitro benzene ring substituents is 1. The van der Waals surface area contributed by atoms with E-state index >= 15 is 0 Å². The second-order valence-corrected chi connectivity index (χ2v) is 5.36. The number of esters is 1. The molecule has 0 aliphatic heterocycles. The van der Waals surface area contributed by atoms with Crippen LogP contribution in [0.2, 0.25) is 0 Å². The Morgan fingerprint density at radius 3 is 2.76 bits per heavy atom. The Bertz CT molecular complexity index is 482. The number of hydrogen-bond donors (Lipinski definition) is 1. The number of ether oxygens (including phenoxy) is 1. The number of nitro groups is 1. The van der Waals surface area contributed by atoms with Crippen LogP contribution in [0, 0.1) is 10.1 Å². The number of para-hydroxylation sites is 1. The summed E-state index contributed by atoms with van der Waals surface area (Å²) in [5.74, 6) is 0.323. The molecule has 1 rings (SSSR count). The highest BCUT2D eigenvalue weighted by Gasteiger charge is 2.19. The van der Waals surface area contributed by atoms with Gasteiger partial charge in [0.1, 0.15) is 6.04 Å². The van der Waals surface area contributed by atoms with Crippen LogP contribution in [0.15, 0.2) is 29.2 Å². The molecule has 0 heterocycles. The van der Waals surface area contributed by atoms with Crippen molar-refractivity contribution in [3.63, 3.8) is 0 Å². The summed E-state index contributed by atoms with van der Waals surface area (Å²) < 4.78 is 5.00. The van der Waals surface area contributed by atoms with Crippen LogP contribution in [-0.2, 0) is 9.53 Å². The summed E-state index contributed by atoms with van der Waals surface area (Å²) in [5.41, 5.74) is 0.0960. The Labute approximate surface area is 128 Å². The van der Waals surface area contributed by atoms with E-state index in [2.05, 4.69) is 5.32 Å². The van der Waals surface area contributed by atoms with E-state index in [0.29, 0.717) is 30.2 Å². The van der Waals surface area contributed by atoms with Gasteiger partial charge in [0.2, 0.25) is 0 Å². The Kier molecular flexibility index (Phi) is 7.78. The molecule has 21 heavy (non-hydrogen) atoms. The number of nitrogens with zero attached hydrogens (tertiary/aromatic N) is 1. The van der Waals surface area contributed by atoms with Crippen LogP contribution in [-0.4, -0.2) is 35.8 Å². The number of carbonyl (C=O) groups excluding carboxylic acids is 1. The molecule has 6 nitrogen and oxygen atoms in total. The van der Waals surface area contributed by atoms with E-state index in [1.165, 1.54) is 17.8 Å². The zero-order chi connectivity index (χ0) is 15.7. The van der Waals surface area contributed by atoms with E-state index in [1.54, 1.807) is 25.1 Å². The van der Waals surface area contributed by atoms with Crippen LogP contribution in [0.4, 0.5) is 5.69 Å². The number of benzene rings is 1. The zero-order valence-corrected chi connectivity index (χ0v) is 13.0. The number of hydrogen-bond acceptors (Lipinski definition) is 6. The smallest absolute Gasteiger partial charge is 0.323 e. The third-order valence-corrected chi connectivity index (χ3v) is 3.84. The molecule has 0 amide bonds. The van der Waals surface area contributed by atoms with E-state index in [9.17, 15) is 14.9 Å². The zero-order valence-electron chi connectivity index (χ0n) is 12.2. The SMILES string of the molecule is CCNC(CCSc1ccccc1[N+](=O)[O-])C(=O)OCC. The van der Waals surface area contributed by atoms with E-state index in [4.69, 9.17) is 4.74 Å². The van der Waals surface area contributed by atoms with Crippen LogP contribution in [0.3, 0.4) is 0 Å². The molecule has 0 aromatic heterocycles. The first-order chi connectivity index (χ1) is 10.1. The predicted octanol–water partition coefficient (Wildman–Crippen LogP) is 2.62. The second kappa shape index (κ2) is 9.36. The van der Waals surface area contributed by atoms with Gasteiger partial charge in [-0.05, 0) is 26.0 Å². The molecule has 1 aromatic rings. The maximum atomic E-state index is 11.7. The van der Waals surface area contributed by atoms with E-state index < -0.39 is 4.92 Å². The summed E-state index contributed by atoms with van der Waals surface area (Å²) in [5, 5.41) is 14.0. The normalized spacial score (nSPS) is 11.9. The maximum Gasteiger partial charge on any atom is 0.323 e. The van der Waals surface area contributed by atoms with Gasteiger partial charge in [-0.3, -0.25) is 14.9 Å². The number of rotatable bonds is 9. The van der Waals surface area contributed by atoms with Gasteiger partial charge in [-0.25, -0.2) is 0 Å². The van der Waals surface area contributed by atoms with E-state index in [0.717, 1.165) is 0 Å². The van der Waals surface area contributed by atoms with Crippen molar-refractivity contribution in [2.75, 3.05) is 18.9 Å². The largest absolute Gasteiger partial charge is 0.465 e. The molecule has 0 radical (unpaired) electrons. The van der Waals surface area contributed by atoms with Crippen molar-refractivity contribution in [1.82, 2.24) is 5.32 Å². The van der Waals surface area contributed by atoms with Gasteiger partial charge in [-0.2, -0.15) is 0 Å². The van der Waals surface area contributed by atoms with Crippen LogP contribution in [0.25, 0.3) is 0 Å². The third-order valence-electron chi connectivity index (χ3n) is 2.75. The predicted molar refractivity (Wildman–Crippen MR) is 82.5 cm³/mol. The standard InChI is InChI=1S/C14H20N2O4S/c1-3-15-11(14(17)20-4-2)9-10-21-13-8-6-5-7-12(13)16(18)19/h5-8,11,15H,3-4,9-10H2,1-2H3. The minimum atomic E-state index is -0.393. The number of nitrogens with one attached hydrogen (secondary N) is 1. The van der Waals surface area contributed by atoms with Crippen LogP contribution >= 0.6 is 11.8 Å². The first-order valence-electron chi connectivity index (χ1n) is 6.86. The third kappa shape index (κ3) is 5.73. The summed E-state index contributed by atoms with van der Waals surface area (Å²) in [6, 6.07) is 6.24. The van der Waals surface area contributed by atoms with Crippen molar-refractivity contribution in [3.8, 4) is 0 Å². The highest BCUT2D eigenvalue weighted by Crippen LogP contribution is 2.29. The highest BCUT2D eigenvalue weighted by molar-refractivity contribution is 7.99. The Morgan fingerprint density at radius 1 is 1.43 bits per heavy atom. The lowest BCUT2D eigenvalue weighted by molar-refractivity contribution is -0.387. The molecule has 1 atom stereocenters. The molecule has 1 unspecified atom stereocenters. The van der Waals surface area contributed by atoms with Crippen molar-refractivity contribution < 1.29 is 14.5 Å². The molecule has 0 bridgehead atoms. The fraction of sp³-hybridized carbons (Fsp3) is 0.500. The highest BCUT2D eigenvalue weighted by atomic mass is 32.2. The van der Waals surface area contributed by atoms with Crippen molar-refractivity contribution in [2.24, 2.45) is 0 Å². The van der Waals surface area contributed by atoms with Gasteiger partial charge in [-0.1, -0.05) is 19.1 Å². The second-order valence-electron chi connectivity index (χ2n) is 4.22. The van der Waals surface area contributed by atoms with Crippen molar-refractivity contribution >= 4 is 23.4 Å². The minimum absolute atomic E-state index is 0.0960. The fourth-order valence-corrected chi connectivity index (χ4v) is 2.85. The number of likely N-dealkylation sites (N-methyl/N-ethyl adjacent to an activating group) is 1. The van der Waals surface area contributed by atoms with Crippen molar-refractivity contribution in [1.29, 1.82) is 0 Å². The Balaban J connectivity index is 2.58. The molecule has 1 N–H and O–H groups in total. The summed E-state index contributed by atoms with van der Waals surface area (Å²) in [6.07, 6.45) is 0.559. The van der Waals surface area contributed by atoms with Crippen LogP contribution in [0.1, 0.15) is 20.3 Å². The topological polar surface area (TPSA) is 81.5 Å². The lowest BCUT2D eigenvalue weighted by atomic mass is 10.2. The summed E-state index contributed by atoms with van der Waals surface area (Å²) in [7, 11) is 0. The average molecular weight is 312 g/mol. The first kappa shape index (κ1) is 17.5. The van der Waals surface area contributed by atoms with Gasteiger partial charge in [0.15, 0.2) is 0 Å². The van der Waals surface area contributed by atoms with Gasteiger partial charge < -0.3 is 10.1 Å². The molecule has 0 spiro atoms. The molecule has 0 aliphatic rings. The van der Waals surface area contributed by atoms with E-state index in [1.807, 2.05) is 6.92 Å². The summed E-state index contributed by atoms with van der Waals surface area (Å²) >= 11 is 1.38. The maximum absolute atomic E-state index is 11.7. The molecular formula is C14H20N2O4S. The molecule has 0 saturated heterocycles. The molecule has 0 saturated carbocycles. The lowest BCUT2D eigenvalue weighted by Gasteiger charge is -2.15. The van der Waals surface area contributed by atoms with Gasteiger partial charge in [0, 0.05) is 11.8 Å². The van der Waals surface area contributed by atoms with Gasteiger partial charge in [0.25, 0.3) is 5.69 Å². The fourth-order valence-electron chi connectivity index (χ4n) is 1.81. The molecule has 1 aromatic carbocycles. The number of carbonyl (C=O) groups is 1. The minimum Gasteiger partial charge on any atom is -0.465 e. The Morgan fingerprint density at radius 2 is 2.14 bits per heavy atom. The van der Waals surface area contributed by atoms with E-state index in [-0.39, 0.29) is 17.7 Å². The molecule has 7 heteroatoms. The first-order valence-corrected chi connectivity index (χ1v) is 7.84. The quantitative estimate of drug-likeness (QED) is 0.327. The van der Waals surface area contributed by atoms with Gasteiger partial charge >= 0.3 is 5.97 Å². The average Bonchev–Trinajstić information content (AvgIpc) is 2.47. The molecule has 0 aliphatic carbocycles. The van der Waals surface area contributed by atoms with Crippen molar-refractivity contribution in [3.05, 3.63) is 34.4 Å². The monoisotopic (exact) mass is 312 g/mol. The van der Waals surface area contributed by atoms with Crippen molar-refractivity contribution in [2.45, 2.75) is 31.2 Å². The van der Waals surface area contributed by atoms with Crippen LogP contribution in [0.5, 0.6) is 0 Å². The molecular weight excluding hydrogens is 292 g/mol. The molecule has 0 fully saturated rings.